The number of nitrogens with zero attached hydrogens (tertiary/aromatic N) is 3. The van der Waals surface area contributed by atoms with E-state index in [0.29, 0.717) is 35.0 Å². The molecule has 10 heteroatoms. The number of hydrogen-bond acceptors (Lipinski definition) is 5. The zero-order valence-electron chi connectivity index (χ0n) is 21.7. The second-order valence-corrected chi connectivity index (χ2v) is 12.1. The highest BCUT2D eigenvalue weighted by Crippen LogP contribution is 2.23. The maximum Gasteiger partial charge on any atom is 0.254 e. The molecule has 40 heavy (non-hydrogen) atoms. The van der Waals surface area contributed by atoms with E-state index in [2.05, 4.69) is 4.98 Å². The lowest BCUT2D eigenvalue weighted by Crippen LogP contribution is -2.37. The zero-order chi connectivity index (χ0) is 28.1. The van der Waals surface area contributed by atoms with E-state index in [-0.39, 0.29) is 36.0 Å². The standard InChI is InChI=1S/C30H29ClFN3O4S/c31-25-9-4-8-24(16-25)29(36)34(20-28-10-5-15-39-28)19-27-17-33-30(35(27)18-22-6-2-1-3-7-22)40(37,38)21-23-11-13-26(32)14-12-23/h1-4,6-9,11-14,16-17,28H,5,10,15,18-21H2. The molecule has 0 saturated carbocycles. The molecule has 0 N–H and O–H groups in total. The molecule has 4 aromatic rings. The normalized spacial score (nSPS) is 15.3. The summed E-state index contributed by atoms with van der Waals surface area (Å²) in [6.07, 6.45) is 3.14. The van der Waals surface area contributed by atoms with Crippen LogP contribution >= 0.6 is 11.6 Å². The maximum atomic E-state index is 13.7. The third kappa shape index (κ3) is 6.78. The van der Waals surface area contributed by atoms with Gasteiger partial charge in [-0.05, 0) is 54.3 Å². The van der Waals surface area contributed by atoms with Crippen molar-refractivity contribution in [2.24, 2.45) is 0 Å². The van der Waals surface area contributed by atoms with Gasteiger partial charge < -0.3 is 14.2 Å². The van der Waals surface area contributed by atoms with Gasteiger partial charge in [-0.1, -0.05) is 60.1 Å². The number of rotatable bonds is 10. The number of hydrogen-bond donors (Lipinski definition) is 0. The highest BCUT2D eigenvalue weighted by molar-refractivity contribution is 7.90. The van der Waals surface area contributed by atoms with E-state index < -0.39 is 15.7 Å². The third-order valence-corrected chi connectivity index (χ3v) is 8.62. The van der Waals surface area contributed by atoms with Gasteiger partial charge in [-0.15, -0.1) is 0 Å². The van der Waals surface area contributed by atoms with E-state index in [4.69, 9.17) is 16.3 Å². The van der Waals surface area contributed by atoms with Gasteiger partial charge in [-0.25, -0.2) is 17.8 Å². The quantitative estimate of drug-likeness (QED) is 0.246. The molecule has 1 fully saturated rings. The minimum atomic E-state index is -3.91. The Morgan fingerprint density at radius 2 is 1.82 bits per heavy atom. The fraction of sp³-hybridized carbons (Fsp3) is 0.267. The lowest BCUT2D eigenvalue weighted by atomic mass is 10.1. The van der Waals surface area contributed by atoms with Crippen molar-refractivity contribution < 1.29 is 22.3 Å². The summed E-state index contributed by atoms with van der Waals surface area (Å²) in [6, 6.07) is 21.6. The molecule has 5 rings (SSSR count). The van der Waals surface area contributed by atoms with Crippen LogP contribution in [-0.2, 0) is 33.4 Å². The monoisotopic (exact) mass is 581 g/mol. The number of imidazole rings is 1. The smallest absolute Gasteiger partial charge is 0.254 e. The number of benzene rings is 3. The zero-order valence-corrected chi connectivity index (χ0v) is 23.3. The molecule has 1 aliphatic heterocycles. The van der Waals surface area contributed by atoms with Gasteiger partial charge in [-0.3, -0.25) is 4.79 Å². The van der Waals surface area contributed by atoms with E-state index in [1.807, 2.05) is 30.3 Å². The van der Waals surface area contributed by atoms with Crippen LogP contribution in [0.1, 0.15) is 40.0 Å². The van der Waals surface area contributed by atoms with Crippen molar-refractivity contribution >= 4 is 27.3 Å². The van der Waals surface area contributed by atoms with Gasteiger partial charge in [-0.2, -0.15) is 0 Å². The van der Waals surface area contributed by atoms with Crippen LogP contribution in [0, 0.1) is 5.82 Å². The van der Waals surface area contributed by atoms with Gasteiger partial charge in [0.25, 0.3) is 5.91 Å². The Hall–Kier alpha value is -3.53. The van der Waals surface area contributed by atoms with Crippen molar-refractivity contribution in [3.05, 3.63) is 118 Å². The molecule has 1 saturated heterocycles. The number of halogens is 2. The van der Waals surface area contributed by atoms with Gasteiger partial charge >= 0.3 is 0 Å². The molecule has 7 nitrogen and oxygen atoms in total. The molecule has 208 valence electrons. The van der Waals surface area contributed by atoms with E-state index in [0.717, 1.165) is 18.4 Å². The summed E-state index contributed by atoms with van der Waals surface area (Å²) in [5.74, 6) is -1.01. The average molecular weight is 582 g/mol. The largest absolute Gasteiger partial charge is 0.376 e. The highest BCUT2D eigenvalue weighted by atomic mass is 35.5. The first-order chi connectivity index (χ1) is 19.3. The van der Waals surface area contributed by atoms with Gasteiger partial charge in [0.1, 0.15) is 5.82 Å². The van der Waals surface area contributed by atoms with Crippen LogP contribution in [0.4, 0.5) is 4.39 Å². The first-order valence-corrected chi connectivity index (χ1v) is 15.0. The maximum absolute atomic E-state index is 13.7. The summed E-state index contributed by atoms with van der Waals surface area (Å²) in [5, 5.41) is 0.342. The number of amides is 1. The minimum Gasteiger partial charge on any atom is -0.376 e. The number of carbonyl (C=O) groups is 1. The summed E-state index contributed by atoms with van der Waals surface area (Å²) in [7, 11) is -3.91. The highest BCUT2D eigenvalue weighted by Gasteiger charge is 2.28. The molecule has 3 aromatic carbocycles. The SMILES string of the molecule is O=C(c1cccc(Cl)c1)N(Cc1cnc(S(=O)(=O)Cc2ccc(F)cc2)n1Cc1ccccc1)CC1CCCO1. The van der Waals surface area contributed by atoms with Gasteiger partial charge in [0.15, 0.2) is 0 Å². The average Bonchev–Trinajstić information content (AvgIpc) is 3.60. The van der Waals surface area contributed by atoms with Crippen molar-refractivity contribution in [1.82, 2.24) is 14.5 Å². The molecule has 1 aromatic heterocycles. The Balaban J connectivity index is 1.51. The van der Waals surface area contributed by atoms with E-state index in [1.54, 1.807) is 33.7 Å². The van der Waals surface area contributed by atoms with Crippen LogP contribution in [0.25, 0.3) is 0 Å². The summed E-state index contributed by atoms with van der Waals surface area (Å²) in [5.41, 5.74) is 2.33. The molecule has 0 bridgehead atoms. The predicted octanol–water partition coefficient (Wildman–Crippen LogP) is 5.52. The van der Waals surface area contributed by atoms with E-state index in [1.165, 1.54) is 30.5 Å². The topological polar surface area (TPSA) is 81.5 Å². The van der Waals surface area contributed by atoms with Crippen molar-refractivity contribution in [1.29, 1.82) is 0 Å². The molecular formula is C30H29ClFN3O4S. The molecule has 1 amide bonds. The predicted molar refractivity (Wildman–Crippen MR) is 150 cm³/mol. The van der Waals surface area contributed by atoms with Crippen LogP contribution in [0.3, 0.4) is 0 Å². The number of carbonyl (C=O) groups excluding carboxylic acids is 1. The Morgan fingerprint density at radius 1 is 1.05 bits per heavy atom. The molecule has 0 radical (unpaired) electrons. The molecule has 1 aliphatic rings. The van der Waals surface area contributed by atoms with Crippen LogP contribution in [0.2, 0.25) is 5.02 Å². The van der Waals surface area contributed by atoms with Crippen LogP contribution in [-0.4, -0.2) is 48.0 Å². The van der Waals surface area contributed by atoms with Gasteiger partial charge in [0.05, 0.1) is 36.8 Å². The first-order valence-electron chi connectivity index (χ1n) is 13.0. The fourth-order valence-electron chi connectivity index (χ4n) is 4.82. The Labute approximate surface area is 238 Å². The number of sulfone groups is 1. The summed E-state index contributed by atoms with van der Waals surface area (Å²) < 4.78 is 48.0. The molecule has 1 unspecified atom stereocenters. The fourth-order valence-corrected chi connectivity index (χ4v) is 6.50. The first kappa shape index (κ1) is 28.0. The van der Waals surface area contributed by atoms with E-state index >= 15 is 0 Å². The molecular weight excluding hydrogens is 553 g/mol. The Kier molecular flexibility index (Phi) is 8.63. The molecule has 2 heterocycles. The number of ether oxygens (including phenoxy) is 1. The summed E-state index contributed by atoms with van der Waals surface area (Å²) in [6.45, 7) is 1.35. The summed E-state index contributed by atoms with van der Waals surface area (Å²) >= 11 is 6.17. The van der Waals surface area contributed by atoms with Crippen molar-refractivity contribution in [3.63, 3.8) is 0 Å². The Bertz CT molecular complexity index is 1570. The third-order valence-electron chi connectivity index (χ3n) is 6.79. The minimum absolute atomic E-state index is 0.108. The van der Waals surface area contributed by atoms with Crippen molar-refractivity contribution in [2.45, 2.75) is 42.9 Å². The lowest BCUT2D eigenvalue weighted by Gasteiger charge is -2.26. The lowest BCUT2D eigenvalue weighted by molar-refractivity contribution is 0.0501. The molecule has 1 atom stereocenters. The van der Waals surface area contributed by atoms with Crippen molar-refractivity contribution in [2.75, 3.05) is 13.2 Å². The second-order valence-electron chi connectivity index (χ2n) is 9.82. The van der Waals surface area contributed by atoms with Gasteiger partial charge in [0.2, 0.25) is 15.0 Å². The molecule has 0 spiro atoms. The Morgan fingerprint density at radius 3 is 2.52 bits per heavy atom. The van der Waals surface area contributed by atoms with Crippen LogP contribution in [0.15, 0.2) is 90.2 Å². The van der Waals surface area contributed by atoms with E-state index in [9.17, 15) is 17.6 Å². The number of aromatic nitrogens is 2. The van der Waals surface area contributed by atoms with Crippen LogP contribution in [0.5, 0.6) is 0 Å². The van der Waals surface area contributed by atoms with Crippen molar-refractivity contribution in [3.8, 4) is 0 Å². The second kappa shape index (κ2) is 12.3. The van der Waals surface area contributed by atoms with Gasteiger partial charge in [0, 0.05) is 23.7 Å². The summed E-state index contributed by atoms with van der Waals surface area (Å²) in [4.78, 5) is 19.7. The van der Waals surface area contributed by atoms with Crippen LogP contribution < -0.4 is 0 Å². The molecule has 0 aliphatic carbocycles.